The molecule has 0 aliphatic carbocycles. The van der Waals surface area contributed by atoms with Crippen LogP contribution in [0.25, 0.3) is 0 Å². The van der Waals surface area contributed by atoms with Crippen LogP contribution in [0.2, 0.25) is 0 Å². The first-order valence-electron chi connectivity index (χ1n) is 5.11. The van der Waals surface area contributed by atoms with Crippen molar-refractivity contribution in [2.75, 3.05) is 20.7 Å². The van der Waals surface area contributed by atoms with Crippen LogP contribution < -0.4 is 4.74 Å². The van der Waals surface area contributed by atoms with Crippen LogP contribution in [0.4, 0.5) is 0 Å². The molecule has 0 saturated carbocycles. The van der Waals surface area contributed by atoms with Gasteiger partial charge in [0.25, 0.3) is 5.91 Å². The van der Waals surface area contributed by atoms with E-state index in [0.29, 0.717) is 5.75 Å². The Balaban J connectivity index is 2.53. The lowest BCUT2D eigenvalue weighted by Crippen LogP contribution is -2.27. The van der Waals surface area contributed by atoms with Gasteiger partial charge in [0.2, 0.25) is 0 Å². The van der Waals surface area contributed by atoms with Crippen molar-refractivity contribution in [3.63, 3.8) is 0 Å². The zero-order valence-corrected chi connectivity index (χ0v) is 9.80. The normalized spacial score (nSPS) is 12.0. The monoisotopic (exact) mass is 223 g/mol. The van der Waals surface area contributed by atoms with Gasteiger partial charge in [-0.15, -0.1) is 0 Å². The van der Waals surface area contributed by atoms with Gasteiger partial charge < -0.3 is 14.7 Å². The van der Waals surface area contributed by atoms with Crippen LogP contribution in [0.1, 0.15) is 18.6 Å². The van der Waals surface area contributed by atoms with Crippen LogP contribution in [-0.2, 0) is 4.79 Å². The second kappa shape index (κ2) is 5.51. The van der Waals surface area contributed by atoms with Crippen LogP contribution in [0, 0.1) is 0 Å². The quantitative estimate of drug-likeness (QED) is 0.834. The third-order valence-corrected chi connectivity index (χ3v) is 2.22. The van der Waals surface area contributed by atoms with Crippen molar-refractivity contribution in [3.05, 3.63) is 29.8 Å². The average molecular weight is 223 g/mol. The second-order valence-corrected chi connectivity index (χ2v) is 3.82. The zero-order chi connectivity index (χ0) is 12.1. The van der Waals surface area contributed by atoms with Gasteiger partial charge in [-0.2, -0.15) is 0 Å². The Morgan fingerprint density at radius 3 is 2.38 bits per heavy atom. The number of ether oxygens (including phenoxy) is 1. The summed E-state index contributed by atoms with van der Waals surface area (Å²) in [5.41, 5.74) is 0.825. The summed E-state index contributed by atoms with van der Waals surface area (Å²) in [5.74, 6) is 0.541. The number of hydrogen-bond acceptors (Lipinski definition) is 3. The van der Waals surface area contributed by atoms with Crippen molar-refractivity contribution in [1.29, 1.82) is 0 Å². The number of aliphatic hydroxyl groups is 1. The predicted molar refractivity (Wildman–Crippen MR) is 61.3 cm³/mol. The molecule has 0 heterocycles. The summed E-state index contributed by atoms with van der Waals surface area (Å²) in [5, 5.41) is 9.30. The van der Waals surface area contributed by atoms with E-state index in [1.165, 1.54) is 4.90 Å². The van der Waals surface area contributed by atoms with Gasteiger partial charge in [0.05, 0.1) is 6.10 Å². The zero-order valence-electron chi connectivity index (χ0n) is 9.80. The van der Waals surface area contributed by atoms with Crippen molar-refractivity contribution in [2.45, 2.75) is 13.0 Å². The molecule has 0 spiro atoms. The summed E-state index contributed by atoms with van der Waals surface area (Å²) >= 11 is 0. The Hall–Kier alpha value is -1.55. The standard InChI is InChI=1S/C12H17NO3/c1-9(14)10-4-6-11(7-5-10)16-8-12(15)13(2)3/h4-7,9,14H,8H2,1-3H3/t9-/m1/s1. The molecule has 1 atom stereocenters. The number of hydrogen-bond donors (Lipinski definition) is 1. The highest BCUT2D eigenvalue weighted by Crippen LogP contribution is 2.17. The second-order valence-electron chi connectivity index (χ2n) is 3.82. The van der Waals surface area contributed by atoms with Crippen LogP contribution in [-0.4, -0.2) is 36.6 Å². The molecule has 16 heavy (non-hydrogen) atoms. The first kappa shape index (κ1) is 12.5. The highest BCUT2D eigenvalue weighted by molar-refractivity contribution is 5.77. The van der Waals surface area contributed by atoms with Crippen LogP contribution in [0.3, 0.4) is 0 Å². The minimum Gasteiger partial charge on any atom is -0.484 e. The number of rotatable bonds is 4. The van der Waals surface area contributed by atoms with Gasteiger partial charge in [0.1, 0.15) is 5.75 Å². The van der Waals surface area contributed by atoms with E-state index in [1.54, 1.807) is 45.3 Å². The fraction of sp³-hybridized carbons (Fsp3) is 0.417. The Bertz CT molecular complexity index is 344. The molecule has 1 amide bonds. The molecule has 1 N–H and O–H groups in total. The maximum absolute atomic E-state index is 11.3. The molecule has 4 heteroatoms. The van der Waals surface area contributed by atoms with Gasteiger partial charge >= 0.3 is 0 Å². The lowest BCUT2D eigenvalue weighted by Gasteiger charge is -2.11. The number of carbonyl (C=O) groups is 1. The van der Waals surface area contributed by atoms with Crippen LogP contribution in [0.15, 0.2) is 24.3 Å². The molecule has 88 valence electrons. The highest BCUT2D eigenvalue weighted by atomic mass is 16.5. The summed E-state index contributed by atoms with van der Waals surface area (Å²) < 4.78 is 5.29. The lowest BCUT2D eigenvalue weighted by molar-refractivity contribution is -0.130. The summed E-state index contributed by atoms with van der Waals surface area (Å²) in [6.07, 6.45) is -0.488. The lowest BCUT2D eigenvalue weighted by atomic mass is 10.1. The molecule has 1 rings (SSSR count). The molecule has 0 aromatic heterocycles. The first-order chi connectivity index (χ1) is 7.50. The van der Waals surface area contributed by atoms with Gasteiger partial charge in [-0.1, -0.05) is 12.1 Å². The van der Waals surface area contributed by atoms with Crippen molar-refractivity contribution in [3.8, 4) is 5.75 Å². The van der Waals surface area contributed by atoms with Crippen LogP contribution >= 0.6 is 0 Å². The van der Waals surface area contributed by atoms with Gasteiger partial charge in [0.15, 0.2) is 6.61 Å². The largest absolute Gasteiger partial charge is 0.484 e. The average Bonchev–Trinajstić information content (AvgIpc) is 2.26. The Morgan fingerprint density at radius 2 is 1.94 bits per heavy atom. The minimum absolute atomic E-state index is 0.0288. The van der Waals surface area contributed by atoms with Gasteiger partial charge in [-0.3, -0.25) is 4.79 Å². The molecule has 0 bridgehead atoms. The number of carbonyl (C=O) groups excluding carboxylic acids is 1. The molecule has 0 fully saturated rings. The fourth-order valence-electron chi connectivity index (χ4n) is 1.12. The maximum Gasteiger partial charge on any atom is 0.259 e. The van der Waals surface area contributed by atoms with E-state index in [1.807, 2.05) is 0 Å². The van der Waals surface area contributed by atoms with Gasteiger partial charge in [-0.25, -0.2) is 0 Å². The first-order valence-corrected chi connectivity index (χ1v) is 5.11. The summed E-state index contributed by atoms with van der Waals surface area (Å²) in [6, 6.07) is 7.04. The molecule has 1 aromatic rings. The van der Waals surface area contributed by atoms with Gasteiger partial charge in [-0.05, 0) is 24.6 Å². The molecule has 0 radical (unpaired) electrons. The van der Waals surface area contributed by atoms with E-state index >= 15 is 0 Å². The summed E-state index contributed by atoms with van der Waals surface area (Å²) in [6.45, 7) is 1.73. The van der Waals surface area contributed by atoms with E-state index in [2.05, 4.69) is 0 Å². The molecule has 0 aliphatic heterocycles. The smallest absolute Gasteiger partial charge is 0.259 e. The van der Waals surface area contributed by atoms with Crippen molar-refractivity contribution in [2.24, 2.45) is 0 Å². The Kier molecular flexibility index (Phi) is 4.31. The molecule has 0 aliphatic rings. The summed E-state index contributed by atoms with van der Waals surface area (Å²) in [4.78, 5) is 12.7. The SMILES string of the molecule is C[C@@H](O)c1ccc(OCC(=O)N(C)C)cc1. The number of likely N-dealkylation sites (N-methyl/N-ethyl adjacent to an activating group) is 1. The highest BCUT2D eigenvalue weighted by Gasteiger charge is 2.05. The van der Waals surface area contributed by atoms with E-state index in [0.717, 1.165) is 5.56 Å². The third-order valence-electron chi connectivity index (χ3n) is 2.22. The van der Waals surface area contributed by atoms with E-state index < -0.39 is 6.10 Å². The predicted octanol–water partition coefficient (Wildman–Crippen LogP) is 1.21. The Morgan fingerprint density at radius 1 is 1.38 bits per heavy atom. The van der Waals surface area contributed by atoms with Crippen molar-refractivity contribution < 1.29 is 14.6 Å². The fourth-order valence-corrected chi connectivity index (χ4v) is 1.12. The van der Waals surface area contributed by atoms with Crippen molar-refractivity contribution in [1.82, 2.24) is 4.90 Å². The van der Waals surface area contributed by atoms with Gasteiger partial charge in [0, 0.05) is 14.1 Å². The van der Waals surface area contributed by atoms with E-state index in [4.69, 9.17) is 4.74 Å². The number of aliphatic hydroxyl groups excluding tert-OH is 1. The van der Waals surface area contributed by atoms with Crippen LogP contribution in [0.5, 0.6) is 5.75 Å². The molecular weight excluding hydrogens is 206 g/mol. The van der Waals surface area contributed by atoms with E-state index in [-0.39, 0.29) is 12.5 Å². The number of benzene rings is 1. The number of nitrogens with zero attached hydrogens (tertiary/aromatic N) is 1. The molecule has 4 nitrogen and oxygen atoms in total. The summed E-state index contributed by atoms with van der Waals surface area (Å²) in [7, 11) is 3.37. The molecular formula is C12H17NO3. The Labute approximate surface area is 95.5 Å². The van der Waals surface area contributed by atoms with Crippen molar-refractivity contribution >= 4 is 5.91 Å². The molecule has 0 saturated heterocycles. The number of amides is 1. The third kappa shape index (κ3) is 3.55. The van der Waals surface area contributed by atoms with E-state index in [9.17, 15) is 9.90 Å². The maximum atomic E-state index is 11.3. The minimum atomic E-state index is -0.488. The molecule has 1 aromatic carbocycles. The topological polar surface area (TPSA) is 49.8 Å². The molecule has 0 unspecified atom stereocenters.